The second kappa shape index (κ2) is 9.98. The zero-order chi connectivity index (χ0) is 25.9. The predicted molar refractivity (Wildman–Crippen MR) is 125 cm³/mol. The third kappa shape index (κ3) is 5.40. The van der Waals surface area contributed by atoms with Gasteiger partial charge in [0.15, 0.2) is 0 Å². The summed E-state index contributed by atoms with van der Waals surface area (Å²) in [7, 11) is 0. The molecule has 7 nitrogen and oxygen atoms in total. The van der Waals surface area contributed by atoms with Crippen molar-refractivity contribution >= 4 is 34.1 Å². The number of alkyl halides is 3. The Hall–Kier alpha value is -4.54. The Kier molecular flexibility index (Phi) is 6.82. The van der Waals surface area contributed by atoms with Gasteiger partial charge in [0, 0.05) is 18.7 Å². The van der Waals surface area contributed by atoms with E-state index in [1.807, 2.05) is 0 Å². The maximum atomic E-state index is 13.8. The summed E-state index contributed by atoms with van der Waals surface area (Å²) in [6, 6.07) is 14.5. The minimum Gasteiger partial charge on any atom is -0.325 e. The number of aromatic nitrogens is 2. The molecule has 4 aromatic rings. The lowest BCUT2D eigenvalue weighted by Crippen LogP contribution is -2.24. The van der Waals surface area contributed by atoms with Crippen LogP contribution in [-0.4, -0.2) is 21.4 Å². The monoisotopic (exact) mass is 498 g/mol. The number of carbonyl (C=O) groups excluding carboxylic acids is 2. The highest BCUT2D eigenvalue weighted by Crippen LogP contribution is 2.36. The van der Waals surface area contributed by atoms with Gasteiger partial charge in [0.25, 0.3) is 11.5 Å². The van der Waals surface area contributed by atoms with Crippen LogP contribution in [-0.2, 0) is 17.5 Å². The summed E-state index contributed by atoms with van der Waals surface area (Å²) in [5.74, 6) is -2.51. The number of anilines is 2. The standard InChI is InChI=1S/C25H18F4N4O3/c26-19-7-3-1-5-16(19)23(35)31-15-9-10-21(18(13-15)25(27,28)29)32-22(34)11-12-33-14-30-20-8-4-2-6-17(20)24(33)36/h1-10,13-14H,11-12H2,(H,31,35)(H,32,34). The van der Waals surface area contributed by atoms with E-state index in [-0.39, 0.29) is 29.8 Å². The van der Waals surface area contributed by atoms with Gasteiger partial charge in [-0.3, -0.25) is 19.0 Å². The lowest BCUT2D eigenvalue weighted by atomic mass is 10.1. The van der Waals surface area contributed by atoms with Crippen LogP contribution >= 0.6 is 0 Å². The SMILES string of the molecule is O=C(CCn1cnc2ccccc2c1=O)Nc1ccc(NC(=O)c2ccccc2F)cc1C(F)(F)F. The summed E-state index contributed by atoms with van der Waals surface area (Å²) in [6.45, 7) is -0.0966. The van der Waals surface area contributed by atoms with Gasteiger partial charge < -0.3 is 10.6 Å². The van der Waals surface area contributed by atoms with E-state index in [2.05, 4.69) is 15.6 Å². The molecule has 0 atom stereocenters. The number of fused-ring (bicyclic) bond motifs is 1. The van der Waals surface area contributed by atoms with Crippen LogP contribution in [0.3, 0.4) is 0 Å². The van der Waals surface area contributed by atoms with Crippen LogP contribution in [0.15, 0.2) is 77.9 Å². The number of amides is 2. The first-order valence-corrected chi connectivity index (χ1v) is 10.6. The molecule has 1 aromatic heterocycles. The van der Waals surface area contributed by atoms with Crippen molar-refractivity contribution in [3.05, 3.63) is 100 Å². The van der Waals surface area contributed by atoms with Crippen LogP contribution in [0.1, 0.15) is 22.3 Å². The van der Waals surface area contributed by atoms with Gasteiger partial charge in [-0.2, -0.15) is 13.2 Å². The molecule has 0 saturated heterocycles. The van der Waals surface area contributed by atoms with Crippen molar-refractivity contribution < 1.29 is 27.2 Å². The topological polar surface area (TPSA) is 93.1 Å². The van der Waals surface area contributed by atoms with Gasteiger partial charge in [-0.05, 0) is 42.5 Å². The van der Waals surface area contributed by atoms with Gasteiger partial charge in [0.1, 0.15) is 5.82 Å². The van der Waals surface area contributed by atoms with Gasteiger partial charge in [-0.1, -0.05) is 24.3 Å². The molecule has 0 aliphatic heterocycles. The van der Waals surface area contributed by atoms with Crippen LogP contribution in [0.5, 0.6) is 0 Å². The summed E-state index contributed by atoms with van der Waals surface area (Å²) >= 11 is 0. The second-order valence-electron chi connectivity index (χ2n) is 7.75. The lowest BCUT2D eigenvalue weighted by Gasteiger charge is -2.16. The number of aryl methyl sites for hydroxylation is 1. The fourth-order valence-electron chi connectivity index (χ4n) is 3.51. The van der Waals surface area contributed by atoms with E-state index in [1.54, 1.807) is 24.3 Å². The zero-order valence-electron chi connectivity index (χ0n) is 18.5. The third-order valence-corrected chi connectivity index (χ3v) is 5.29. The molecule has 0 fully saturated rings. The first kappa shape index (κ1) is 24.6. The maximum Gasteiger partial charge on any atom is 0.418 e. The Morgan fingerprint density at radius 1 is 0.944 bits per heavy atom. The summed E-state index contributed by atoms with van der Waals surface area (Å²) in [6.07, 6.45) is -3.88. The zero-order valence-corrected chi connectivity index (χ0v) is 18.5. The van der Waals surface area contributed by atoms with E-state index in [0.29, 0.717) is 17.0 Å². The minimum absolute atomic E-state index is 0.0966. The van der Waals surface area contributed by atoms with Gasteiger partial charge >= 0.3 is 6.18 Å². The minimum atomic E-state index is -4.86. The van der Waals surface area contributed by atoms with E-state index in [9.17, 15) is 31.9 Å². The first-order valence-electron chi connectivity index (χ1n) is 10.6. The molecule has 0 aliphatic carbocycles. The Balaban J connectivity index is 1.49. The van der Waals surface area contributed by atoms with Gasteiger partial charge in [0.05, 0.1) is 34.0 Å². The molecule has 3 aromatic carbocycles. The summed E-state index contributed by atoms with van der Waals surface area (Å²) in [5.41, 5.74) is -2.18. The molecule has 0 radical (unpaired) electrons. The molecule has 1 heterocycles. The Bertz CT molecular complexity index is 1520. The summed E-state index contributed by atoms with van der Waals surface area (Å²) < 4.78 is 56.0. The Morgan fingerprint density at radius 2 is 1.67 bits per heavy atom. The average Bonchev–Trinajstić information content (AvgIpc) is 2.84. The van der Waals surface area contributed by atoms with Crippen molar-refractivity contribution in [1.29, 1.82) is 0 Å². The number of nitrogens with one attached hydrogen (secondary N) is 2. The van der Waals surface area contributed by atoms with E-state index in [1.165, 1.54) is 29.1 Å². The fraction of sp³-hybridized carbons (Fsp3) is 0.120. The maximum absolute atomic E-state index is 13.8. The Labute approximate surface area is 201 Å². The first-order chi connectivity index (χ1) is 17.1. The Morgan fingerprint density at radius 3 is 2.42 bits per heavy atom. The number of benzene rings is 3. The number of carbonyl (C=O) groups is 2. The van der Waals surface area contributed by atoms with E-state index < -0.39 is 35.1 Å². The predicted octanol–water partition coefficient (Wildman–Crippen LogP) is 4.84. The van der Waals surface area contributed by atoms with Crippen molar-refractivity contribution in [2.75, 3.05) is 10.6 Å². The van der Waals surface area contributed by atoms with E-state index in [0.717, 1.165) is 18.2 Å². The van der Waals surface area contributed by atoms with Gasteiger partial charge in [-0.15, -0.1) is 0 Å². The van der Waals surface area contributed by atoms with Crippen LogP contribution in [0.25, 0.3) is 10.9 Å². The van der Waals surface area contributed by atoms with Crippen LogP contribution in [0.4, 0.5) is 28.9 Å². The molecule has 0 spiro atoms. The highest BCUT2D eigenvalue weighted by atomic mass is 19.4. The average molecular weight is 498 g/mol. The largest absolute Gasteiger partial charge is 0.418 e. The van der Waals surface area contributed by atoms with Crippen LogP contribution in [0, 0.1) is 5.82 Å². The molecule has 0 aliphatic rings. The number of rotatable bonds is 6. The molecule has 184 valence electrons. The fourth-order valence-corrected chi connectivity index (χ4v) is 3.51. The number of hydrogen-bond acceptors (Lipinski definition) is 4. The van der Waals surface area contributed by atoms with Crippen LogP contribution in [0.2, 0.25) is 0 Å². The normalized spacial score (nSPS) is 11.3. The van der Waals surface area contributed by atoms with Crippen molar-refractivity contribution in [1.82, 2.24) is 9.55 Å². The molecule has 2 N–H and O–H groups in total. The van der Waals surface area contributed by atoms with Crippen molar-refractivity contribution in [2.24, 2.45) is 0 Å². The quantitative estimate of drug-likeness (QED) is 0.372. The molecule has 0 bridgehead atoms. The lowest BCUT2D eigenvalue weighted by molar-refractivity contribution is -0.136. The van der Waals surface area contributed by atoms with Crippen molar-refractivity contribution in [3.63, 3.8) is 0 Å². The molecule has 2 amide bonds. The van der Waals surface area contributed by atoms with E-state index in [4.69, 9.17) is 0 Å². The number of nitrogens with zero attached hydrogens (tertiary/aromatic N) is 2. The van der Waals surface area contributed by atoms with Gasteiger partial charge in [0.2, 0.25) is 5.91 Å². The number of halogens is 4. The molecular weight excluding hydrogens is 480 g/mol. The summed E-state index contributed by atoms with van der Waals surface area (Å²) in [4.78, 5) is 41.3. The molecule has 0 unspecified atom stereocenters. The molecular formula is C25H18F4N4O3. The summed E-state index contributed by atoms with van der Waals surface area (Å²) in [5, 5.41) is 4.78. The molecule has 36 heavy (non-hydrogen) atoms. The number of hydrogen-bond donors (Lipinski definition) is 2. The molecule has 11 heteroatoms. The third-order valence-electron chi connectivity index (χ3n) is 5.29. The number of para-hydroxylation sites is 1. The van der Waals surface area contributed by atoms with Crippen molar-refractivity contribution in [2.45, 2.75) is 19.1 Å². The highest BCUT2D eigenvalue weighted by molar-refractivity contribution is 6.04. The molecule has 0 saturated carbocycles. The van der Waals surface area contributed by atoms with Crippen molar-refractivity contribution in [3.8, 4) is 0 Å². The van der Waals surface area contributed by atoms with Gasteiger partial charge in [-0.25, -0.2) is 9.37 Å². The van der Waals surface area contributed by atoms with E-state index >= 15 is 0 Å². The van der Waals surface area contributed by atoms with Crippen LogP contribution < -0.4 is 16.2 Å². The second-order valence-corrected chi connectivity index (χ2v) is 7.75. The highest BCUT2D eigenvalue weighted by Gasteiger charge is 2.34. The molecule has 4 rings (SSSR count). The smallest absolute Gasteiger partial charge is 0.325 e.